The normalized spacial score (nSPS) is 15.3. The van der Waals surface area contributed by atoms with E-state index < -0.39 is 23.8 Å². The zero-order valence-corrected chi connectivity index (χ0v) is 50.3. The van der Waals surface area contributed by atoms with Gasteiger partial charge in [0.25, 0.3) is 11.9 Å². The van der Waals surface area contributed by atoms with Crippen molar-refractivity contribution in [3.8, 4) is 29.5 Å². The molecule has 2 aliphatic rings. The van der Waals surface area contributed by atoms with Gasteiger partial charge in [-0.3, -0.25) is 43.6 Å². The molecule has 1 aromatic carbocycles. The second-order valence-corrected chi connectivity index (χ2v) is 20.6. The first-order chi connectivity index (χ1) is 41.5. The molecule has 5 N–H and O–H groups in total. The number of carboxylic acids is 3. The van der Waals surface area contributed by atoms with E-state index in [0.717, 1.165) is 18.4 Å². The van der Waals surface area contributed by atoms with E-state index in [1.807, 2.05) is 11.8 Å². The molecule has 2 aromatic heterocycles. The molecule has 29 heteroatoms. The fourth-order valence-corrected chi connectivity index (χ4v) is 9.07. The topological polar surface area (TPSA) is 333 Å². The Morgan fingerprint density at radius 2 is 0.977 bits per heavy atom. The number of fused-ring (bicyclic) bond motifs is 1. The monoisotopic (exact) mass is 1220 g/mol. The van der Waals surface area contributed by atoms with Crippen molar-refractivity contribution in [2.45, 2.75) is 39.0 Å². The van der Waals surface area contributed by atoms with Crippen molar-refractivity contribution in [1.82, 2.24) is 34.9 Å². The molecule has 86 heavy (non-hydrogen) atoms. The first kappa shape index (κ1) is 70.4. The molecule has 1 aliphatic carbocycles. The number of methoxy groups -OCH3 is 2. The smallest absolute Gasteiger partial charge is 0.323 e. The number of hydrogen-bond acceptors (Lipinski definition) is 24. The van der Waals surface area contributed by atoms with Gasteiger partial charge in [0, 0.05) is 65.0 Å². The van der Waals surface area contributed by atoms with E-state index in [0.29, 0.717) is 138 Å². The average molecular weight is 1220 g/mol. The summed E-state index contributed by atoms with van der Waals surface area (Å²) in [7, 11) is 2.79. The summed E-state index contributed by atoms with van der Waals surface area (Å²) < 4.78 is 72.8. The number of carboxylic acid groups (broad SMARTS) is 3. The fourth-order valence-electron chi connectivity index (χ4n) is 9.07. The molecule has 0 radical (unpaired) electrons. The van der Waals surface area contributed by atoms with Crippen molar-refractivity contribution in [2.24, 2.45) is 0 Å². The van der Waals surface area contributed by atoms with Crippen molar-refractivity contribution in [3.05, 3.63) is 46.7 Å². The van der Waals surface area contributed by atoms with Gasteiger partial charge in [-0.2, -0.15) is 9.97 Å². The van der Waals surface area contributed by atoms with Gasteiger partial charge in [-0.1, -0.05) is 19.9 Å². The van der Waals surface area contributed by atoms with Gasteiger partial charge in [0.1, 0.15) is 12.4 Å². The number of aryl methyl sites for hydroxylation is 2. The van der Waals surface area contributed by atoms with Crippen molar-refractivity contribution in [2.75, 3.05) is 217 Å². The molecule has 0 saturated carbocycles. The number of hydrogen-bond donors (Lipinski definition) is 5. The molecule has 1 aliphatic heterocycles. The van der Waals surface area contributed by atoms with E-state index in [4.69, 9.17) is 61.3 Å². The minimum atomic E-state index is -1.03. The minimum Gasteiger partial charge on any atom is -0.480 e. The maximum Gasteiger partial charge on any atom is 0.323 e. The number of carbonyl (C=O) groups excluding carboxylic acids is 2. The Labute approximate surface area is 501 Å². The zero-order chi connectivity index (χ0) is 61.9. The van der Waals surface area contributed by atoms with Crippen LogP contribution in [0.25, 0.3) is 0 Å². The molecule has 0 atom stereocenters. The predicted molar refractivity (Wildman–Crippen MR) is 308 cm³/mol. The Balaban J connectivity index is 0.789. The molecular formula is C57H88N8O21. The van der Waals surface area contributed by atoms with Gasteiger partial charge in [0.2, 0.25) is 17.7 Å². The van der Waals surface area contributed by atoms with Crippen molar-refractivity contribution >= 4 is 35.4 Å². The molecule has 3 aromatic rings. The Kier molecular flexibility index (Phi) is 32.3. The number of anilines is 1. The second-order valence-electron chi connectivity index (χ2n) is 20.6. The molecule has 0 bridgehead atoms. The SMILES string of the molecule is COc1nc(OCCOCCOCCOCCOCCOCCOCCOCCOCCNC(=O)CN2CCN(CC(=O)O)CCN(CC(=O)O)CCN(CC(=O)O)CC2)nc(OC)c1NC(=O)c1ccc(Oc2cc3c(cc2C)CCC3(C)C)o1. The van der Waals surface area contributed by atoms with Gasteiger partial charge < -0.3 is 87.2 Å². The van der Waals surface area contributed by atoms with Gasteiger partial charge >= 0.3 is 23.9 Å². The van der Waals surface area contributed by atoms with Crippen molar-refractivity contribution in [1.29, 1.82) is 0 Å². The Bertz CT molecular complexity index is 2460. The summed E-state index contributed by atoms with van der Waals surface area (Å²) in [5.74, 6) is -3.05. The zero-order valence-electron chi connectivity index (χ0n) is 50.3. The maximum absolute atomic E-state index is 13.3. The molecular weight excluding hydrogens is 1130 g/mol. The number of amides is 2. The summed E-state index contributed by atoms with van der Waals surface area (Å²) in [4.78, 5) is 76.0. The quantitative estimate of drug-likeness (QED) is 0.0505. The lowest BCUT2D eigenvalue weighted by Crippen LogP contribution is -2.50. The van der Waals surface area contributed by atoms with Crippen LogP contribution in [0.3, 0.4) is 0 Å². The Hall–Kier alpha value is -6.35. The highest BCUT2D eigenvalue weighted by Gasteiger charge is 2.31. The number of furan rings is 1. The van der Waals surface area contributed by atoms with E-state index in [2.05, 4.69) is 46.6 Å². The van der Waals surface area contributed by atoms with Gasteiger partial charge in [-0.05, 0) is 54.0 Å². The van der Waals surface area contributed by atoms with Crippen LogP contribution in [-0.2, 0) is 68.9 Å². The van der Waals surface area contributed by atoms with Gasteiger partial charge in [-0.25, -0.2) is 0 Å². The number of rotatable bonds is 42. The number of nitrogens with zero attached hydrogens (tertiary/aromatic N) is 6. The summed E-state index contributed by atoms with van der Waals surface area (Å²) in [6.07, 6.45) is 2.10. The minimum absolute atomic E-state index is 0.00397. The number of nitrogens with one attached hydrogen (secondary N) is 2. The number of carbonyl (C=O) groups is 5. The van der Waals surface area contributed by atoms with E-state index in [1.54, 1.807) is 20.8 Å². The lowest BCUT2D eigenvalue weighted by molar-refractivity contribution is -0.140. The molecule has 482 valence electrons. The molecule has 1 saturated heterocycles. The highest BCUT2D eigenvalue weighted by atomic mass is 16.6. The van der Waals surface area contributed by atoms with Crippen LogP contribution in [0.15, 0.2) is 28.7 Å². The third kappa shape index (κ3) is 27.1. The number of ether oxygens (including phenoxy) is 12. The Morgan fingerprint density at radius 3 is 1.40 bits per heavy atom. The maximum atomic E-state index is 13.3. The van der Waals surface area contributed by atoms with Crippen molar-refractivity contribution < 1.29 is 101 Å². The Morgan fingerprint density at radius 1 is 0.570 bits per heavy atom. The summed E-state index contributed by atoms with van der Waals surface area (Å²) >= 11 is 0. The van der Waals surface area contributed by atoms with Crippen LogP contribution in [0.4, 0.5) is 5.69 Å². The van der Waals surface area contributed by atoms with Gasteiger partial charge in [0.15, 0.2) is 11.4 Å². The first-order valence-electron chi connectivity index (χ1n) is 28.8. The molecule has 29 nitrogen and oxygen atoms in total. The summed E-state index contributed by atoms with van der Waals surface area (Å²) in [6, 6.07) is 7.27. The van der Waals surface area contributed by atoms with E-state index in [9.17, 15) is 39.3 Å². The van der Waals surface area contributed by atoms with E-state index in [-0.39, 0.29) is 112 Å². The molecule has 0 unspecified atom stereocenters. The standard InChI is InChI=1S/C57H88N8O21/c1-42-36-43-8-9-57(2,3)44(43)37-46(42)86-51-7-6-45(85-51)53(73)59-52-54(74-4)60-56(61-55(52)75-5)84-35-34-83-33-32-82-31-30-81-29-28-80-27-26-79-25-24-78-23-22-77-21-20-76-19-10-58-47(66)38-62-11-13-63(39-48(67)68)15-17-65(41-50(71)72)18-16-64(14-12-62)40-49(69)70/h6-7,36-37H,8-35,38-41H2,1-5H3,(H,58,66)(H,59,73)(H,67,68)(H,69,70)(H,71,72). The number of aromatic nitrogens is 2. The van der Waals surface area contributed by atoms with Crippen LogP contribution in [0, 0.1) is 6.92 Å². The van der Waals surface area contributed by atoms with Crippen LogP contribution in [0.1, 0.15) is 47.5 Å². The van der Waals surface area contributed by atoms with Crippen molar-refractivity contribution in [3.63, 3.8) is 0 Å². The highest BCUT2D eigenvalue weighted by molar-refractivity contribution is 6.03. The van der Waals surface area contributed by atoms with Gasteiger partial charge in [-0.15, -0.1) is 0 Å². The number of aliphatic carboxylic acids is 3. The predicted octanol–water partition coefficient (Wildman–Crippen LogP) is 1.77. The third-order valence-corrected chi connectivity index (χ3v) is 13.6. The van der Waals surface area contributed by atoms with E-state index in [1.165, 1.54) is 31.4 Å². The van der Waals surface area contributed by atoms with Crippen LogP contribution >= 0.6 is 0 Å². The molecule has 1 fully saturated rings. The second kappa shape index (κ2) is 39.4. The third-order valence-electron chi connectivity index (χ3n) is 13.6. The average Bonchev–Trinajstić information content (AvgIpc) is 2.08. The lowest BCUT2D eigenvalue weighted by Gasteiger charge is -2.32. The van der Waals surface area contributed by atoms with Gasteiger partial charge in [0.05, 0.1) is 146 Å². The van der Waals surface area contributed by atoms with Crippen LogP contribution in [0.2, 0.25) is 0 Å². The molecule has 3 heterocycles. The largest absolute Gasteiger partial charge is 0.480 e. The van der Waals surface area contributed by atoms with Crippen LogP contribution in [0.5, 0.6) is 29.5 Å². The molecule has 5 rings (SSSR count). The first-order valence-corrected chi connectivity index (χ1v) is 28.8. The van der Waals surface area contributed by atoms with E-state index >= 15 is 0 Å². The number of benzene rings is 1. The lowest BCUT2D eigenvalue weighted by atomic mass is 9.86. The summed E-state index contributed by atoms with van der Waals surface area (Å²) in [5.41, 5.74) is 3.70. The summed E-state index contributed by atoms with van der Waals surface area (Å²) in [5, 5.41) is 33.7. The molecule has 0 spiro atoms. The van der Waals surface area contributed by atoms with Crippen LogP contribution < -0.4 is 29.6 Å². The van der Waals surface area contributed by atoms with Crippen LogP contribution in [-0.4, -0.2) is 286 Å². The molecule has 2 amide bonds. The summed E-state index contributed by atoms with van der Waals surface area (Å²) in [6.45, 7) is 14.4. The fraction of sp³-hybridized carbons (Fsp3) is 0.667. The highest BCUT2D eigenvalue weighted by Crippen LogP contribution is 2.42.